The maximum absolute atomic E-state index is 13.0. The molecule has 0 aliphatic heterocycles. The van der Waals surface area contributed by atoms with Crippen LogP contribution in [-0.2, 0) is 12.6 Å². The highest BCUT2D eigenvalue weighted by Gasteiger charge is 2.30. The van der Waals surface area contributed by atoms with E-state index in [-0.39, 0.29) is 42.0 Å². The largest absolute Gasteiger partial charge is 0.416 e. The Bertz CT molecular complexity index is 1110. The second-order valence-corrected chi connectivity index (χ2v) is 7.40. The van der Waals surface area contributed by atoms with Crippen molar-refractivity contribution in [2.45, 2.75) is 38.9 Å². The zero-order chi connectivity index (χ0) is 24.2. The van der Waals surface area contributed by atoms with E-state index in [1.165, 1.54) is 36.4 Å². The SMILES string of the molecule is CC[C@@H](C)N(CCc1nc(-c2ccc([N+](=O)[O-])cc2)no1)C(=O)c1ccc(C(F)(F)F)cc1. The number of hydrogen-bond acceptors (Lipinski definition) is 6. The van der Waals surface area contributed by atoms with Gasteiger partial charge in [0, 0.05) is 42.3 Å². The molecule has 0 aliphatic rings. The molecule has 0 saturated carbocycles. The fraction of sp³-hybridized carbons (Fsp3) is 0.318. The van der Waals surface area contributed by atoms with Crippen LogP contribution in [-0.4, -0.2) is 38.5 Å². The number of non-ortho nitro benzene ring substituents is 1. The number of carbonyl (C=O) groups excluding carboxylic acids is 1. The van der Waals surface area contributed by atoms with Gasteiger partial charge in [0.2, 0.25) is 11.7 Å². The van der Waals surface area contributed by atoms with Gasteiger partial charge >= 0.3 is 6.18 Å². The number of halogens is 3. The summed E-state index contributed by atoms with van der Waals surface area (Å²) in [5.41, 5.74) is -0.192. The Morgan fingerprint density at radius 1 is 1.15 bits per heavy atom. The van der Waals surface area contributed by atoms with Crippen molar-refractivity contribution in [3.63, 3.8) is 0 Å². The van der Waals surface area contributed by atoms with Gasteiger partial charge < -0.3 is 9.42 Å². The first-order valence-corrected chi connectivity index (χ1v) is 10.2. The zero-order valence-electron chi connectivity index (χ0n) is 17.9. The van der Waals surface area contributed by atoms with E-state index >= 15 is 0 Å². The summed E-state index contributed by atoms with van der Waals surface area (Å²) >= 11 is 0. The number of nitro benzene ring substituents is 1. The predicted molar refractivity (Wildman–Crippen MR) is 112 cm³/mol. The molecule has 0 radical (unpaired) electrons. The highest BCUT2D eigenvalue weighted by Crippen LogP contribution is 2.29. The summed E-state index contributed by atoms with van der Waals surface area (Å²) in [7, 11) is 0. The van der Waals surface area contributed by atoms with Gasteiger partial charge in [0.1, 0.15) is 0 Å². The molecule has 0 aliphatic carbocycles. The highest BCUT2D eigenvalue weighted by molar-refractivity contribution is 5.94. The lowest BCUT2D eigenvalue weighted by atomic mass is 10.1. The normalized spacial score (nSPS) is 12.4. The molecular weight excluding hydrogens is 441 g/mol. The van der Waals surface area contributed by atoms with E-state index in [0.29, 0.717) is 12.0 Å². The number of aromatic nitrogens is 2. The second kappa shape index (κ2) is 9.80. The number of carbonyl (C=O) groups is 1. The van der Waals surface area contributed by atoms with Crippen LogP contribution in [0.5, 0.6) is 0 Å². The van der Waals surface area contributed by atoms with Gasteiger partial charge in [-0.05, 0) is 49.7 Å². The van der Waals surface area contributed by atoms with Gasteiger partial charge in [-0.15, -0.1) is 0 Å². The van der Waals surface area contributed by atoms with E-state index in [0.717, 1.165) is 12.1 Å². The summed E-state index contributed by atoms with van der Waals surface area (Å²) in [6.45, 7) is 3.96. The summed E-state index contributed by atoms with van der Waals surface area (Å²) in [6.07, 6.45) is -3.60. The minimum atomic E-state index is -4.47. The molecule has 1 amide bonds. The number of alkyl halides is 3. The Balaban J connectivity index is 1.71. The van der Waals surface area contributed by atoms with Crippen molar-refractivity contribution >= 4 is 11.6 Å². The number of amides is 1. The lowest BCUT2D eigenvalue weighted by molar-refractivity contribution is -0.384. The molecular formula is C22H21F3N4O4. The van der Waals surface area contributed by atoms with Crippen LogP contribution >= 0.6 is 0 Å². The third-order valence-corrected chi connectivity index (χ3v) is 5.21. The standard InChI is InChI=1S/C22H21F3N4O4/c1-3-14(2)28(21(30)16-4-8-17(9-5-16)22(23,24)25)13-12-19-26-20(27-33-19)15-6-10-18(11-7-15)29(31)32/h4-11,14H,3,12-13H2,1-2H3/t14-/m1/s1. The summed E-state index contributed by atoms with van der Waals surface area (Å²) in [5.74, 6) is 0.120. The van der Waals surface area contributed by atoms with Crippen molar-refractivity contribution in [1.82, 2.24) is 15.0 Å². The Morgan fingerprint density at radius 2 is 1.79 bits per heavy atom. The molecule has 3 aromatic rings. The monoisotopic (exact) mass is 462 g/mol. The zero-order valence-corrected chi connectivity index (χ0v) is 17.9. The Morgan fingerprint density at radius 3 is 2.33 bits per heavy atom. The van der Waals surface area contributed by atoms with E-state index in [1.54, 1.807) is 4.90 Å². The predicted octanol–water partition coefficient (Wildman–Crippen LogP) is 5.15. The minimum absolute atomic E-state index is 0.0616. The van der Waals surface area contributed by atoms with Crippen LogP contribution < -0.4 is 0 Å². The second-order valence-electron chi connectivity index (χ2n) is 7.40. The van der Waals surface area contributed by atoms with Crippen molar-refractivity contribution in [2.75, 3.05) is 6.54 Å². The van der Waals surface area contributed by atoms with E-state index in [9.17, 15) is 28.1 Å². The quantitative estimate of drug-likeness (QED) is 0.339. The van der Waals surface area contributed by atoms with Crippen molar-refractivity contribution < 1.29 is 27.4 Å². The molecule has 33 heavy (non-hydrogen) atoms. The van der Waals surface area contributed by atoms with Gasteiger partial charge in [0.05, 0.1) is 10.5 Å². The van der Waals surface area contributed by atoms with Crippen LogP contribution in [0.15, 0.2) is 53.1 Å². The third kappa shape index (κ3) is 5.73. The molecule has 0 unspecified atom stereocenters. The summed E-state index contributed by atoms with van der Waals surface area (Å²) < 4.78 is 43.6. The van der Waals surface area contributed by atoms with Crippen molar-refractivity contribution in [3.8, 4) is 11.4 Å². The number of nitrogens with zero attached hydrogens (tertiary/aromatic N) is 4. The first-order chi connectivity index (χ1) is 15.6. The molecule has 3 rings (SSSR count). The van der Waals surface area contributed by atoms with Gasteiger partial charge in [0.25, 0.3) is 11.6 Å². The molecule has 0 bridgehead atoms. The summed E-state index contributed by atoms with van der Waals surface area (Å²) in [4.78, 5) is 29.1. The van der Waals surface area contributed by atoms with E-state index < -0.39 is 22.6 Å². The third-order valence-electron chi connectivity index (χ3n) is 5.21. The molecule has 8 nitrogen and oxygen atoms in total. The Kier molecular flexibility index (Phi) is 7.10. The van der Waals surface area contributed by atoms with Crippen LogP contribution in [0, 0.1) is 10.1 Å². The molecule has 0 spiro atoms. The molecule has 1 heterocycles. The number of benzene rings is 2. The molecule has 174 valence electrons. The lowest BCUT2D eigenvalue weighted by Crippen LogP contribution is -2.39. The molecule has 1 atom stereocenters. The van der Waals surface area contributed by atoms with E-state index in [1.807, 2.05) is 13.8 Å². The Labute approximate surface area is 187 Å². The van der Waals surface area contributed by atoms with Gasteiger partial charge in [-0.3, -0.25) is 14.9 Å². The molecule has 11 heteroatoms. The average Bonchev–Trinajstić information content (AvgIpc) is 3.27. The van der Waals surface area contributed by atoms with Gasteiger partial charge in [0.15, 0.2) is 0 Å². The molecule has 2 aromatic carbocycles. The highest BCUT2D eigenvalue weighted by atomic mass is 19.4. The lowest BCUT2D eigenvalue weighted by Gasteiger charge is -2.28. The van der Waals surface area contributed by atoms with Crippen molar-refractivity contribution in [2.24, 2.45) is 0 Å². The van der Waals surface area contributed by atoms with Gasteiger partial charge in [-0.25, -0.2) is 0 Å². The number of rotatable bonds is 8. The molecule has 0 saturated heterocycles. The van der Waals surface area contributed by atoms with Crippen LogP contribution in [0.25, 0.3) is 11.4 Å². The first kappa shape index (κ1) is 23.9. The van der Waals surface area contributed by atoms with Gasteiger partial charge in [-0.1, -0.05) is 12.1 Å². The number of nitro groups is 1. The van der Waals surface area contributed by atoms with E-state index in [4.69, 9.17) is 4.52 Å². The summed E-state index contributed by atoms with van der Waals surface area (Å²) in [6, 6.07) is 9.61. The van der Waals surface area contributed by atoms with Crippen LogP contribution in [0.4, 0.5) is 18.9 Å². The van der Waals surface area contributed by atoms with Crippen LogP contribution in [0.1, 0.15) is 42.1 Å². The maximum atomic E-state index is 13.0. The van der Waals surface area contributed by atoms with Crippen LogP contribution in [0.2, 0.25) is 0 Å². The van der Waals surface area contributed by atoms with E-state index in [2.05, 4.69) is 10.1 Å². The minimum Gasteiger partial charge on any atom is -0.339 e. The molecule has 0 N–H and O–H groups in total. The summed E-state index contributed by atoms with van der Waals surface area (Å²) in [5, 5.41) is 14.6. The molecule has 0 fully saturated rings. The van der Waals surface area contributed by atoms with Crippen molar-refractivity contribution in [1.29, 1.82) is 0 Å². The number of hydrogen-bond donors (Lipinski definition) is 0. The maximum Gasteiger partial charge on any atom is 0.416 e. The smallest absolute Gasteiger partial charge is 0.339 e. The first-order valence-electron chi connectivity index (χ1n) is 10.2. The fourth-order valence-electron chi connectivity index (χ4n) is 3.13. The Hall–Kier alpha value is -3.76. The van der Waals surface area contributed by atoms with Crippen molar-refractivity contribution in [3.05, 3.63) is 75.7 Å². The molecule has 1 aromatic heterocycles. The van der Waals surface area contributed by atoms with Gasteiger partial charge in [-0.2, -0.15) is 18.2 Å². The average molecular weight is 462 g/mol. The van der Waals surface area contributed by atoms with Crippen LogP contribution in [0.3, 0.4) is 0 Å². The fourth-order valence-corrected chi connectivity index (χ4v) is 3.13. The topological polar surface area (TPSA) is 102 Å².